The number of rotatable bonds is 8. The summed E-state index contributed by atoms with van der Waals surface area (Å²) in [4.78, 5) is 31.6. The zero-order valence-electron chi connectivity index (χ0n) is 18.5. The van der Waals surface area contributed by atoms with Gasteiger partial charge in [-0.2, -0.15) is 0 Å². The van der Waals surface area contributed by atoms with Crippen LogP contribution in [0, 0.1) is 0 Å². The van der Waals surface area contributed by atoms with Crippen LogP contribution >= 0.6 is 0 Å². The number of aldehydes is 1. The predicted molar refractivity (Wildman–Crippen MR) is 130 cm³/mol. The minimum atomic E-state index is -0.760. The molecule has 0 unspecified atom stereocenters. The number of hydrogen-bond acceptors (Lipinski definition) is 6. The topological polar surface area (TPSA) is 93.4 Å². The number of aliphatic hydroxyl groups is 1. The average Bonchev–Trinajstić information content (AvgIpc) is 3.20. The Hall–Kier alpha value is -4.43. The number of aryl methyl sites for hydroxylation is 1. The van der Waals surface area contributed by atoms with Crippen molar-refractivity contribution in [1.82, 2.24) is 4.57 Å². The van der Waals surface area contributed by atoms with Gasteiger partial charge >= 0.3 is 6.09 Å². The van der Waals surface area contributed by atoms with Gasteiger partial charge in [-0.15, -0.1) is 0 Å². The molecule has 8 nitrogen and oxygen atoms in total. The highest BCUT2D eigenvalue weighted by Crippen LogP contribution is 2.28. The van der Waals surface area contributed by atoms with Crippen molar-refractivity contribution in [3.05, 3.63) is 90.6 Å². The standard InChI is InChI=1S/C26H23N3O5/c1-28-17-23(22-16-21(33-15-14-30)12-13-25(22)28)24(18-31)27-34-26(32)29(19-8-4-2-5-9-19)20-10-6-3-7-11-20/h2-13,16-18,30H,14-15H2,1H3/b27-24+. The van der Waals surface area contributed by atoms with Gasteiger partial charge in [0.2, 0.25) is 0 Å². The summed E-state index contributed by atoms with van der Waals surface area (Å²) < 4.78 is 7.32. The third kappa shape index (κ3) is 4.82. The first kappa shape index (κ1) is 22.8. The molecule has 0 saturated carbocycles. The van der Waals surface area contributed by atoms with E-state index in [0.29, 0.717) is 34.4 Å². The summed E-state index contributed by atoms with van der Waals surface area (Å²) in [5.41, 5.74) is 2.47. The number of benzene rings is 3. The number of anilines is 2. The second-order valence-corrected chi connectivity index (χ2v) is 7.36. The lowest BCUT2D eigenvalue weighted by Crippen LogP contribution is -2.25. The maximum Gasteiger partial charge on any atom is 0.445 e. The largest absolute Gasteiger partial charge is 0.491 e. The third-order valence-electron chi connectivity index (χ3n) is 5.14. The quantitative estimate of drug-likeness (QED) is 0.183. The maximum atomic E-state index is 13.1. The number of ether oxygens (including phenoxy) is 1. The molecule has 8 heteroatoms. The van der Waals surface area contributed by atoms with Crippen molar-refractivity contribution in [3.8, 4) is 5.75 Å². The number of oxime groups is 1. The van der Waals surface area contributed by atoms with Crippen LogP contribution in [0.5, 0.6) is 5.75 Å². The van der Waals surface area contributed by atoms with Crippen LogP contribution in [0.15, 0.2) is 90.2 Å². The zero-order valence-corrected chi connectivity index (χ0v) is 18.5. The molecular weight excluding hydrogens is 434 g/mol. The van der Waals surface area contributed by atoms with Crippen LogP contribution < -0.4 is 9.64 Å². The normalized spacial score (nSPS) is 11.3. The number of carbonyl (C=O) groups excluding carboxylic acids is 2. The molecule has 172 valence electrons. The minimum absolute atomic E-state index is 0.0423. The molecule has 4 rings (SSSR count). The Morgan fingerprint density at radius 2 is 1.68 bits per heavy atom. The third-order valence-corrected chi connectivity index (χ3v) is 5.14. The van der Waals surface area contributed by atoms with Crippen molar-refractivity contribution < 1.29 is 24.3 Å². The first-order valence-electron chi connectivity index (χ1n) is 10.6. The Balaban J connectivity index is 1.67. The lowest BCUT2D eigenvalue weighted by molar-refractivity contribution is -0.102. The van der Waals surface area contributed by atoms with Crippen molar-refractivity contribution >= 4 is 40.4 Å². The summed E-state index contributed by atoms with van der Waals surface area (Å²) in [6, 6.07) is 23.4. The van der Waals surface area contributed by atoms with E-state index in [1.54, 1.807) is 42.6 Å². The van der Waals surface area contributed by atoms with E-state index in [0.717, 1.165) is 5.52 Å². The van der Waals surface area contributed by atoms with Gasteiger partial charge in [0.15, 0.2) is 12.0 Å². The summed E-state index contributed by atoms with van der Waals surface area (Å²) in [6.07, 6.45) is 1.51. The molecule has 1 amide bonds. The van der Waals surface area contributed by atoms with Crippen LogP contribution in [0.25, 0.3) is 10.9 Å². The number of aromatic nitrogens is 1. The van der Waals surface area contributed by atoms with Crippen LogP contribution in [-0.4, -0.2) is 41.0 Å². The van der Waals surface area contributed by atoms with Gasteiger partial charge in [0, 0.05) is 29.7 Å². The number of aliphatic hydroxyl groups excluding tert-OH is 1. The minimum Gasteiger partial charge on any atom is -0.491 e. The molecule has 3 aromatic carbocycles. The smallest absolute Gasteiger partial charge is 0.445 e. The van der Waals surface area contributed by atoms with Gasteiger partial charge in [-0.3, -0.25) is 9.63 Å². The van der Waals surface area contributed by atoms with Crippen LogP contribution in [0.1, 0.15) is 5.56 Å². The molecule has 1 aromatic heterocycles. The van der Waals surface area contributed by atoms with E-state index in [4.69, 9.17) is 14.7 Å². The monoisotopic (exact) mass is 457 g/mol. The first-order valence-corrected chi connectivity index (χ1v) is 10.6. The molecule has 0 saturated heterocycles. The summed E-state index contributed by atoms with van der Waals surface area (Å²) in [5, 5.41) is 13.6. The number of hydrogen-bond donors (Lipinski definition) is 1. The van der Waals surface area contributed by atoms with Gasteiger partial charge in [-0.25, -0.2) is 9.69 Å². The van der Waals surface area contributed by atoms with Crippen LogP contribution in [0.2, 0.25) is 0 Å². The Morgan fingerprint density at radius 3 is 2.26 bits per heavy atom. The van der Waals surface area contributed by atoms with Gasteiger partial charge in [0.1, 0.15) is 12.4 Å². The molecule has 0 bridgehead atoms. The molecule has 0 aliphatic rings. The Morgan fingerprint density at radius 1 is 1.03 bits per heavy atom. The van der Waals surface area contributed by atoms with Crippen LogP contribution in [-0.2, 0) is 16.7 Å². The van der Waals surface area contributed by atoms with E-state index in [2.05, 4.69) is 5.16 Å². The van der Waals surface area contributed by atoms with Crippen molar-refractivity contribution in [2.75, 3.05) is 18.1 Å². The number of para-hydroxylation sites is 2. The number of nitrogens with zero attached hydrogens (tertiary/aromatic N) is 3. The summed E-state index contributed by atoms with van der Waals surface area (Å²) in [6.45, 7) is 0.0325. The highest BCUT2D eigenvalue weighted by Gasteiger charge is 2.21. The molecule has 0 aliphatic heterocycles. The maximum absolute atomic E-state index is 13.1. The molecule has 0 spiro atoms. The second-order valence-electron chi connectivity index (χ2n) is 7.36. The predicted octanol–water partition coefficient (Wildman–Crippen LogP) is 4.43. The van der Waals surface area contributed by atoms with Gasteiger partial charge < -0.3 is 14.4 Å². The van der Waals surface area contributed by atoms with Crippen LogP contribution in [0.4, 0.5) is 16.2 Å². The molecule has 1 heterocycles. The highest BCUT2D eigenvalue weighted by atomic mass is 16.7. The van der Waals surface area contributed by atoms with Crippen molar-refractivity contribution in [1.29, 1.82) is 0 Å². The molecule has 0 fully saturated rings. The molecule has 1 N–H and O–H groups in total. The van der Waals surface area contributed by atoms with E-state index in [9.17, 15) is 9.59 Å². The van der Waals surface area contributed by atoms with Crippen molar-refractivity contribution in [2.45, 2.75) is 0 Å². The fourth-order valence-corrected chi connectivity index (χ4v) is 3.61. The van der Waals surface area contributed by atoms with E-state index in [1.165, 1.54) is 4.90 Å². The number of amides is 1. The van der Waals surface area contributed by atoms with Gasteiger partial charge in [0.05, 0.1) is 18.0 Å². The van der Waals surface area contributed by atoms with E-state index < -0.39 is 6.09 Å². The SMILES string of the molecule is Cn1cc(/C(C=O)=N/OC(=O)N(c2ccccc2)c2ccccc2)c2cc(OCCO)ccc21. The molecule has 34 heavy (non-hydrogen) atoms. The fraction of sp³-hybridized carbons (Fsp3) is 0.115. The summed E-state index contributed by atoms with van der Waals surface area (Å²) >= 11 is 0. The van der Waals surface area contributed by atoms with Gasteiger partial charge in [-0.1, -0.05) is 41.6 Å². The fourth-order valence-electron chi connectivity index (χ4n) is 3.61. The lowest BCUT2D eigenvalue weighted by atomic mass is 10.1. The number of fused-ring (bicyclic) bond motifs is 1. The van der Waals surface area contributed by atoms with Gasteiger partial charge in [0.25, 0.3) is 0 Å². The zero-order chi connectivity index (χ0) is 23.9. The molecule has 0 atom stereocenters. The number of carbonyl (C=O) groups is 2. The first-order chi connectivity index (χ1) is 16.6. The second kappa shape index (κ2) is 10.5. The Labute approximate surface area is 196 Å². The van der Waals surface area contributed by atoms with E-state index in [1.807, 2.05) is 54.1 Å². The van der Waals surface area contributed by atoms with E-state index in [-0.39, 0.29) is 18.9 Å². The van der Waals surface area contributed by atoms with Crippen molar-refractivity contribution in [2.24, 2.45) is 12.2 Å². The summed E-state index contributed by atoms with van der Waals surface area (Å²) in [5.74, 6) is 0.538. The Bertz CT molecular complexity index is 1280. The summed E-state index contributed by atoms with van der Waals surface area (Å²) in [7, 11) is 1.83. The van der Waals surface area contributed by atoms with Gasteiger partial charge in [-0.05, 0) is 42.5 Å². The van der Waals surface area contributed by atoms with Crippen molar-refractivity contribution in [3.63, 3.8) is 0 Å². The lowest BCUT2D eigenvalue weighted by Gasteiger charge is -2.20. The average molecular weight is 457 g/mol. The molecular formula is C26H23N3O5. The highest BCUT2D eigenvalue weighted by molar-refractivity contribution is 6.39. The molecule has 0 aliphatic carbocycles. The van der Waals surface area contributed by atoms with Crippen LogP contribution in [0.3, 0.4) is 0 Å². The molecule has 0 radical (unpaired) electrons. The molecule has 4 aromatic rings. The van der Waals surface area contributed by atoms with E-state index >= 15 is 0 Å². The Kier molecular flexibility index (Phi) is 7.00.